The summed E-state index contributed by atoms with van der Waals surface area (Å²) in [5, 5.41) is 5.19. The van der Waals surface area contributed by atoms with Crippen molar-refractivity contribution in [2.45, 2.75) is 97.9 Å². The van der Waals surface area contributed by atoms with Crippen molar-refractivity contribution in [3.8, 4) is 0 Å². The molecule has 69 heavy (non-hydrogen) atoms. The molecule has 0 spiro atoms. The van der Waals surface area contributed by atoms with Gasteiger partial charge in [0.05, 0.1) is 24.7 Å². The summed E-state index contributed by atoms with van der Waals surface area (Å²) in [6.45, 7) is 5.96. The molecule has 4 atom stereocenters. The van der Waals surface area contributed by atoms with Crippen LogP contribution in [-0.4, -0.2) is 77.1 Å². The zero-order valence-corrected chi connectivity index (χ0v) is 40.4. The predicted molar refractivity (Wildman–Crippen MR) is 257 cm³/mol. The third-order valence-corrected chi connectivity index (χ3v) is 11.5. The van der Waals surface area contributed by atoms with Gasteiger partial charge in [-0.25, -0.2) is 4.79 Å². The lowest BCUT2D eigenvalue weighted by Gasteiger charge is -2.22. The maximum absolute atomic E-state index is 13.8. The summed E-state index contributed by atoms with van der Waals surface area (Å²) < 4.78 is 27.3. The summed E-state index contributed by atoms with van der Waals surface area (Å²) in [5.41, 5.74) is 2.16. The molecule has 0 saturated carbocycles. The number of esters is 5. The summed E-state index contributed by atoms with van der Waals surface area (Å²) >= 11 is 1.13. The molecule has 4 aromatic rings. The third-order valence-electron chi connectivity index (χ3n) is 10.2. The number of Topliss-reactive ketones (excluding diaryl/α,β-unsaturated/α-hetero) is 1. The van der Waals surface area contributed by atoms with Crippen LogP contribution in [0.25, 0.3) is 0 Å². The Bertz CT molecular complexity index is 2270. The Morgan fingerprint density at radius 1 is 0.522 bits per heavy atom. The van der Waals surface area contributed by atoms with Gasteiger partial charge in [0.25, 0.3) is 0 Å². The summed E-state index contributed by atoms with van der Waals surface area (Å²) in [5.74, 6) is -8.12. The zero-order valence-electron chi connectivity index (χ0n) is 39.6. The van der Waals surface area contributed by atoms with Crippen molar-refractivity contribution in [3.05, 3.63) is 144 Å². The van der Waals surface area contributed by atoms with Crippen LogP contribution in [0.1, 0.15) is 82.1 Å². The monoisotopic (exact) mass is 966 g/mol. The third kappa shape index (κ3) is 22.2. The van der Waals surface area contributed by atoms with Gasteiger partial charge in [-0.3, -0.25) is 33.6 Å². The topological polar surface area (TPSA) is 207 Å². The lowest BCUT2D eigenvalue weighted by atomic mass is 9.98. The second-order valence-electron chi connectivity index (χ2n) is 17.4. The highest BCUT2D eigenvalue weighted by Crippen LogP contribution is 2.22. The standard InChI is InChI=1S/C53H62N2O13S/c1-37(27-47(58)68-53(2,3)4)49(60)55-45(52(63)67-34-41-23-15-8-16-24-41)26-25-44(56)28-42(50(61)54-30-48(59)65-32-39-19-11-6-12-20-39)35-69-36-43(51(62)66-33-40-21-13-7-14-22-40)29-46(57)64-31-38-17-9-5-10-18-38/h5-24,37,42-43,45H,25-36H2,1-4H3,(H,54,61)(H,55,60)/t37-,42-,43+,45-/m1/s1. The van der Waals surface area contributed by atoms with Crippen molar-refractivity contribution in [2.24, 2.45) is 17.8 Å². The van der Waals surface area contributed by atoms with E-state index in [4.69, 9.17) is 23.7 Å². The molecule has 4 aromatic carbocycles. The van der Waals surface area contributed by atoms with E-state index >= 15 is 0 Å². The largest absolute Gasteiger partial charge is 0.461 e. The molecule has 2 N–H and O–H groups in total. The number of amides is 2. The first kappa shape index (κ1) is 54.8. The molecule has 0 aliphatic carbocycles. The molecule has 368 valence electrons. The van der Waals surface area contributed by atoms with Crippen LogP contribution >= 0.6 is 11.8 Å². The van der Waals surface area contributed by atoms with Crippen molar-refractivity contribution in [1.29, 1.82) is 0 Å². The van der Waals surface area contributed by atoms with Crippen LogP contribution < -0.4 is 10.6 Å². The van der Waals surface area contributed by atoms with E-state index < -0.39 is 83.4 Å². The van der Waals surface area contributed by atoms with E-state index in [9.17, 15) is 38.4 Å². The molecular weight excluding hydrogens is 905 g/mol. The smallest absolute Gasteiger partial charge is 0.328 e. The summed E-state index contributed by atoms with van der Waals surface area (Å²) in [6, 6.07) is 34.6. The highest BCUT2D eigenvalue weighted by atomic mass is 32.2. The Morgan fingerprint density at radius 3 is 1.46 bits per heavy atom. The minimum Gasteiger partial charge on any atom is -0.461 e. The summed E-state index contributed by atoms with van der Waals surface area (Å²) in [6.07, 6.45) is -1.41. The number of rotatable bonds is 28. The second kappa shape index (κ2) is 29.2. The van der Waals surface area contributed by atoms with E-state index in [1.54, 1.807) is 112 Å². The minimum absolute atomic E-state index is 0.00284. The number of carbonyl (C=O) groups is 8. The van der Waals surface area contributed by atoms with Gasteiger partial charge in [0.2, 0.25) is 11.8 Å². The Balaban J connectivity index is 1.46. The van der Waals surface area contributed by atoms with Crippen molar-refractivity contribution in [2.75, 3.05) is 18.1 Å². The van der Waals surface area contributed by atoms with Gasteiger partial charge in [0.1, 0.15) is 50.4 Å². The van der Waals surface area contributed by atoms with Gasteiger partial charge >= 0.3 is 29.8 Å². The molecule has 4 rings (SSSR count). The molecule has 0 saturated heterocycles. The molecule has 0 heterocycles. The fourth-order valence-electron chi connectivity index (χ4n) is 6.53. The van der Waals surface area contributed by atoms with Crippen LogP contribution in [0.2, 0.25) is 0 Å². The normalized spacial score (nSPS) is 12.8. The number of ketones is 1. The first-order valence-corrected chi connectivity index (χ1v) is 23.9. The molecule has 16 heteroatoms. The SMILES string of the molecule is C[C@H](CC(=O)OC(C)(C)C)C(=O)N[C@H](CCC(=O)C[C@H](CSC[C@H](CC(=O)OCc1ccccc1)C(=O)OCc1ccccc1)C(=O)NCC(=O)OCc1ccccc1)C(=O)OCc1ccccc1. The first-order valence-electron chi connectivity index (χ1n) is 22.7. The van der Waals surface area contributed by atoms with Gasteiger partial charge in [-0.2, -0.15) is 11.8 Å². The molecule has 0 bridgehead atoms. The van der Waals surface area contributed by atoms with E-state index in [2.05, 4.69) is 10.6 Å². The van der Waals surface area contributed by atoms with Crippen LogP contribution in [-0.2, 0) is 88.5 Å². The molecule has 0 radical (unpaired) electrons. The number of ether oxygens (including phenoxy) is 5. The van der Waals surface area contributed by atoms with E-state index in [-0.39, 0.29) is 70.0 Å². The summed E-state index contributed by atoms with van der Waals surface area (Å²) in [4.78, 5) is 106. The van der Waals surface area contributed by atoms with Crippen molar-refractivity contribution >= 4 is 59.2 Å². The number of hydrogen-bond acceptors (Lipinski definition) is 14. The van der Waals surface area contributed by atoms with Gasteiger partial charge < -0.3 is 34.3 Å². The van der Waals surface area contributed by atoms with E-state index in [0.717, 1.165) is 28.5 Å². The lowest BCUT2D eigenvalue weighted by Crippen LogP contribution is -2.45. The highest BCUT2D eigenvalue weighted by Gasteiger charge is 2.31. The van der Waals surface area contributed by atoms with Crippen LogP contribution in [0.5, 0.6) is 0 Å². The average Bonchev–Trinajstić information content (AvgIpc) is 3.33. The summed E-state index contributed by atoms with van der Waals surface area (Å²) in [7, 11) is 0. The van der Waals surface area contributed by atoms with Crippen LogP contribution in [0.4, 0.5) is 0 Å². The fraction of sp³-hybridized carbons (Fsp3) is 0.396. The van der Waals surface area contributed by atoms with E-state index in [0.29, 0.717) is 5.56 Å². The molecule has 0 aromatic heterocycles. The Labute approximate surface area is 407 Å². The zero-order chi connectivity index (χ0) is 50.0. The molecule has 0 fully saturated rings. The number of hydrogen-bond donors (Lipinski definition) is 2. The Morgan fingerprint density at radius 2 is 0.971 bits per heavy atom. The highest BCUT2D eigenvalue weighted by molar-refractivity contribution is 7.99. The molecule has 0 unspecified atom stereocenters. The van der Waals surface area contributed by atoms with Gasteiger partial charge in [0, 0.05) is 30.3 Å². The quantitative estimate of drug-likeness (QED) is 0.0433. The molecular formula is C53H62N2O13S. The minimum atomic E-state index is -1.29. The van der Waals surface area contributed by atoms with Crippen molar-refractivity contribution in [1.82, 2.24) is 10.6 Å². The Kier molecular flexibility index (Phi) is 23.2. The van der Waals surface area contributed by atoms with Gasteiger partial charge in [-0.15, -0.1) is 0 Å². The van der Waals surface area contributed by atoms with Gasteiger partial charge in [-0.05, 0) is 49.4 Å². The van der Waals surface area contributed by atoms with Crippen molar-refractivity contribution < 1.29 is 62.0 Å². The van der Waals surface area contributed by atoms with Crippen molar-refractivity contribution in [3.63, 3.8) is 0 Å². The fourth-order valence-corrected chi connectivity index (χ4v) is 7.76. The van der Waals surface area contributed by atoms with Crippen LogP contribution in [0.15, 0.2) is 121 Å². The van der Waals surface area contributed by atoms with Crippen LogP contribution in [0, 0.1) is 17.8 Å². The van der Waals surface area contributed by atoms with E-state index in [1.807, 2.05) is 30.3 Å². The molecule has 0 aliphatic rings. The van der Waals surface area contributed by atoms with Gasteiger partial charge in [-0.1, -0.05) is 128 Å². The maximum atomic E-state index is 13.8. The van der Waals surface area contributed by atoms with Gasteiger partial charge in [0.15, 0.2) is 0 Å². The number of thioether (sulfide) groups is 1. The lowest BCUT2D eigenvalue weighted by molar-refractivity contribution is -0.157. The average molecular weight is 967 g/mol. The predicted octanol–water partition coefficient (Wildman–Crippen LogP) is 7.02. The Hall–Kier alpha value is -6.81. The molecule has 2 amide bonds. The maximum Gasteiger partial charge on any atom is 0.328 e. The molecule has 15 nitrogen and oxygen atoms in total. The first-order chi connectivity index (χ1) is 33.0. The number of nitrogens with one attached hydrogen (secondary N) is 2. The van der Waals surface area contributed by atoms with Crippen LogP contribution in [0.3, 0.4) is 0 Å². The molecule has 0 aliphatic heterocycles. The van der Waals surface area contributed by atoms with E-state index in [1.165, 1.54) is 6.92 Å². The second-order valence-corrected chi connectivity index (χ2v) is 18.4. The number of carbonyl (C=O) groups excluding carboxylic acids is 8. The number of benzene rings is 4.